The lowest BCUT2D eigenvalue weighted by molar-refractivity contribution is -0.132. The van der Waals surface area contributed by atoms with E-state index in [0.29, 0.717) is 54.0 Å². The molecular formula is C28H29Cl2N3O3S. The molecule has 0 aliphatic rings. The number of benzene rings is 2. The number of carbonyl (C=O) groups excluding carboxylic acids is 2. The number of nitrogens with zero attached hydrogens (tertiary/aromatic N) is 2. The fourth-order valence-corrected chi connectivity index (χ4v) is 5.23. The number of thiophene rings is 1. The fraction of sp³-hybridized carbons (Fsp3) is 0.286. The summed E-state index contributed by atoms with van der Waals surface area (Å²) >= 11 is 13.7. The van der Waals surface area contributed by atoms with E-state index < -0.39 is 0 Å². The van der Waals surface area contributed by atoms with Crippen molar-refractivity contribution >= 4 is 57.3 Å². The lowest BCUT2D eigenvalue weighted by atomic mass is 10.1. The van der Waals surface area contributed by atoms with Crippen molar-refractivity contribution in [1.29, 1.82) is 0 Å². The van der Waals surface area contributed by atoms with Crippen LogP contribution < -0.4 is 0 Å². The van der Waals surface area contributed by atoms with Gasteiger partial charge >= 0.3 is 0 Å². The van der Waals surface area contributed by atoms with Gasteiger partial charge in [0.15, 0.2) is 0 Å². The van der Waals surface area contributed by atoms with Gasteiger partial charge in [0, 0.05) is 50.5 Å². The van der Waals surface area contributed by atoms with E-state index in [0.717, 1.165) is 22.0 Å². The van der Waals surface area contributed by atoms with E-state index >= 15 is 0 Å². The zero-order valence-corrected chi connectivity index (χ0v) is 22.9. The average Bonchev–Trinajstić information content (AvgIpc) is 3.58. The maximum atomic E-state index is 13.7. The van der Waals surface area contributed by atoms with E-state index in [4.69, 9.17) is 27.9 Å². The van der Waals surface area contributed by atoms with Gasteiger partial charge in [-0.1, -0.05) is 53.5 Å². The molecule has 2 aromatic heterocycles. The van der Waals surface area contributed by atoms with Gasteiger partial charge in [-0.3, -0.25) is 9.59 Å². The van der Waals surface area contributed by atoms with Crippen molar-refractivity contribution in [1.82, 2.24) is 14.8 Å². The Labute approximate surface area is 230 Å². The molecule has 0 fully saturated rings. The zero-order chi connectivity index (χ0) is 26.2. The molecule has 6 nitrogen and oxygen atoms in total. The van der Waals surface area contributed by atoms with Crippen LogP contribution in [0.2, 0.25) is 10.0 Å². The number of halogens is 2. The van der Waals surface area contributed by atoms with E-state index in [1.165, 1.54) is 11.3 Å². The predicted molar refractivity (Wildman–Crippen MR) is 151 cm³/mol. The summed E-state index contributed by atoms with van der Waals surface area (Å²) in [7, 11) is 1.63. The Bertz CT molecular complexity index is 1340. The fourth-order valence-electron chi connectivity index (χ4n) is 4.22. The molecule has 0 atom stereocenters. The molecule has 0 aliphatic heterocycles. The summed E-state index contributed by atoms with van der Waals surface area (Å²) in [6.45, 7) is 1.77. The third-order valence-electron chi connectivity index (χ3n) is 6.16. The molecule has 2 amide bonds. The minimum Gasteiger partial charge on any atom is -0.385 e. The number of amides is 2. The van der Waals surface area contributed by atoms with Crippen molar-refractivity contribution in [2.24, 2.45) is 0 Å². The molecule has 2 heterocycles. The van der Waals surface area contributed by atoms with E-state index in [2.05, 4.69) is 11.1 Å². The second-order valence-electron chi connectivity index (χ2n) is 8.72. The molecular weight excluding hydrogens is 529 g/mol. The summed E-state index contributed by atoms with van der Waals surface area (Å²) in [6.07, 6.45) is 3.30. The Kier molecular flexibility index (Phi) is 9.63. The molecule has 2 aromatic carbocycles. The van der Waals surface area contributed by atoms with Crippen LogP contribution in [-0.2, 0) is 22.5 Å². The van der Waals surface area contributed by atoms with Crippen LogP contribution in [0.3, 0.4) is 0 Å². The predicted octanol–water partition coefficient (Wildman–Crippen LogP) is 6.29. The van der Waals surface area contributed by atoms with Crippen LogP contribution in [0.25, 0.3) is 10.9 Å². The molecule has 37 heavy (non-hydrogen) atoms. The Morgan fingerprint density at radius 2 is 1.84 bits per heavy atom. The minimum atomic E-state index is -0.148. The number of para-hydroxylation sites is 1. The number of aromatic nitrogens is 1. The third-order valence-corrected chi connectivity index (χ3v) is 7.75. The number of fused-ring (bicyclic) bond motifs is 1. The van der Waals surface area contributed by atoms with Crippen LogP contribution >= 0.6 is 34.5 Å². The van der Waals surface area contributed by atoms with Gasteiger partial charge in [-0.05, 0) is 53.6 Å². The molecule has 0 aliphatic carbocycles. The van der Waals surface area contributed by atoms with Gasteiger partial charge in [0.05, 0.1) is 14.9 Å². The highest BCUT2D eigenvalue weighted by Crippen LogP contribution is 2.24. The Balaban J connectivity index is 1.54. The van der Waals surface area contributed by atoms with Gasteiger partial charge in [0.1, 0.15) is 6.54 Å². The molecule has 194 valence electrons. The van der Waals surface area contributed by atoms with Gasteiger partial charge < -0.3 is 19.5 Å². The number of ether oxygens (including phenoxy) is 1. The highest BCUT2D eigenvalue weighted by molar-refractivity contribution is 7.12. The highest BCUT2D eigenvalue weighted by Gasteiger charge is 2.23. The van der Waals surface area contributed by atoms with Crippen LogP contribution in [0.1, 0.15) is 27.2 Å². The van der Waals surface area contributed by atoms with Crippen LogP contribution in [0.4, 0.5) is 0 Å². The zero-order valence-electron chi connectivity index (χ0n) is 20.6. The monoisotopic (exact) mass is 557 g/mol. The second kappa shape index (κ2) is 13.1. The van der Waals surface area contributed by atoms with E-state index in [9.17, 15) is 9.59 Å². The number of nitrogens with one attached hydrogen (secondary N) is 1. The number of methoxy groups -OCH3 is 1. The Hall–Kier alpha value is -2.84. The maximum Gasteiger partial charge on any atom is 0.264 e. The highest BCUT2D eigenvalue weighted by atomic mass is 35.5. The Morgan fingerprint density at radius 3 is 2.59 bits per heavy atom. The van der Waals surface area contributed by atoms with Crippen LogP contribution in [0, 0.1) is 0 Å². The number of hydrogen-bond acceptors (Lipinski definition) is 4. The number of carbonyl (C=O) groups is 2. The normalized spacial score (nSPS) is 11.1. The van der Waals surface area contributed by atoms with Crippen molar-refractivity contribution in [3.05, 3.63) is 92.2 Å². The van der Waals surface area contributed by atoms with Gasteiger partial charge in [-0.25, -0.2) is 0 Å². The first-order valence-corrected chi connectivity index (χ1v) is 13.7. The third kappa shape index (κ3) is 7.14. The van der Waals surface area contributed by atoms with Gasteiger partial charge in [0.25, 0.3) is 5.91 Å². The number of rotatable bonds is 12. The molecule has 0 bridgehead atoms. The molecule has 4 aromatic rings. The molecule has 0 saturated heterocycles. The van der Waals surface area contributed by atoms with Crippen molar-refractivity contribution in [3.8, 4) is 0 Å². The number of hydrogen-bond donors (Lipinski definition) is 1. The Morgan fingerprint density at radius 1 is 1.00 bits per heavy atom. The van der Waals surface area contributed by atoms with Crippen LogP contribution in [0.5, 0.6) is 0 Å². The molecule has 9 heteroatoms. The standard InChI is InChI=1S/C28H29Cl2N3O3S/c1-36-14-5-12-33(28(35)26-8-4-15-37-26)19-27(34)32(18-20-9-10-23(29)24(30)16-20)13-11-21-17-31-25-7-3-2-6-22(21)25/h2-4,6-10,15-17,31H,5,11-14,18-19H2,1H3. The largest absolute Gasteiger partial charge is 0.385 e. The second-order valence-corrected chi connectivity index (χ2v) is 10.5. The summed E-state index contributed by atoms with van der Waals surface area (Å²) < 4.78 is 5.17. The summed E-state index contributed by atoms with van der Waals surface area (Å²) in [6, 6.07) is 17.1. The smallest absolute Gasteiger partial charge is 0.264 e. The molecule has 4 rings (SSSR count). The number of aromatic amines is 1. The quantitative estimate of drug-likeness (QED) is 0.208. The molecule has 0 radical (unpaired) electrons. The number of H-pyrrole nitrogens is 1. The lowest BCUT2D eigenvalue weighted by Crippen LogP contribution is -2.43. The molecule has 1 N–H and O–H groups in total. The average molecular weight is 559 g/mol. The van der Waals surface area contributed by atoms with Crippen molar-refractivity contribution < 1.29 is 14.3 Å². The van der Waals surface area contributed by atoms with E-state index in [1.807, 2.05) is 41.9 Å². The van der Waals surface area contributed by atoms with Crippen LogP contribution in [-0.4, -0.2) is 59.9 Å². The van der Waals surface area contributed by atoms with Crippen LogP contribution in [0.15, 0.2) is 66.2 Å². The van der Waals surface area contributed by atoms with Crippen molar-refractivity contribution in [2.45, 2.75) is 19.4 Å². The van der Waals surface area contributed by atoms with E-state index in [-0.39, 0.29) is 18.4 Å². The SMILES string of the molecule is COCCCN(CC(=O)N(CCc1c[nH]c2ccccc12)Cc1ccc(Cl)c(Cl)c1)C(=O)c1cccs1. The lowest BCUT2D eigenvalue weighted by Gasteiger charge is -2.28. The molecule has 0 unspecified atom stereocenters. The van der Waals surface area contributed by atoms with E-state index in [1.54, 1.807) is 35.1 Å². The van der Waals surface area contributed by atoms with Gasteiger partial charge in [0.2, 0.25) is 5.91 Å². The molecule has 0 saturated carbocycles. The summed E-state index contributed by atoms with van der Waals surface area (Å²) in [4.78, 5) is 34.2. The summed E-state index contributed by atoms with van der Waals surface area (Å²) in [5.41, 5.74) is 3.07. The minimum absolute atomic E-state index is 0.0182. The first-order chi connectivity index (χ1) is 18.0. The molecule has 0 spiro atoms. The van der Waals surface area contributed by atoms with Crippen molar-refractivity contribution in [2.75, 3.05) is 33.4 Å². The van der Waals surface area contributed by atoms with Gasteiger partial charge in [-0.2, -0.15) is 0 Å². The first kappa shape index (κ1) is 27.2. The topological polar surface area (TPSA) is 65.6 Å². The van der Waals surface area contributed by atoms with Crippen molar-refractivity contribution in [3.63, 3.8) is 0 Å². The van der Waals surface area contributed by atoms with Gasteiger partial charge in [-0.15, -0.1) is 11.3 Å². The summed E-state index contributed by atoms with van der Waals surface area (Å²) in [5, 5.41) is 3.91. The first-order valence-electron chi connectivity index (χ1n) is 12.0. The summed E-state index contributed by atoms with van der Waals surface area (Å²) in [5.74, 6) is -0.279. The maximum absolute atomic E-state index is 13.7.